The van der Waals surface area contributed by atoms with Gasteiger partial charge in [0.25, 0.3) is 5.91 Å². The number of rotatable bonds is 3. The lowest BCUT2D eigenvalue weighted by atomic mass is 10.2. The number of hydrogen-bond donors (Lipinski definition) is 1. The largest absolute Gasteiger partial charge is 0.506 e. The van der Waals surface area contributed by atoms with Gasteiger partial charge < -0.3 is 10.0 Å². The van der Waals surface area contributed by atoms with Crippen LogP contribution in [0.2, 0.25) is 0 Å². The molecule has 2 heterocycles. The van der Waals surface area contributed by atoms with Crippen LogP contribution in [0.1, 0.15) is 5.69 Å². The smallest absolute Gasteiger partial charge is 0.297 e. The molecule has 1 aliphatic heterocycles. The number of anilines is 1. The van der Waals surface area contributed by atoms with Gasteiger partial charge in [0.2, 0.25) is 0 Å². The van der Waals surface area contributed by atoms with Crippen LogP contribution in [0.15, 0.2) is 58.4 Å². The maximum atomic E-state index is 13.9. The van der Waals surface area contributed by atoms with E-state index >= 15 is 0 Å². The summed E-state index contributed by atoms with van der Waals surface area (Å²) >= 11 is 0. The number of pyridine rings is 1. The molecule has 2 aromatic rings. The van der Waals surface area contributed by atoms with E-state index in [4.69, 9.17) is 0 Å². The Morgan fingerprint density at radius 3 is 2.72 bits per heavy atom. The van der Waals surface area contributed by atoms with Gasteiger partial charge in [-0.25, -0.2) is 13.8 Å². The van der Waals surface area contributed by atoms with Crippen LogP contribution in [0, 0.1) is 11.6 Å². The van der Waals surface area contributed by atoms with Gasteiger partial charge in [-0.1, -0.05) is 6.07 Å². The summed E-state index contributed by atoms with van der Waals surface area (Å²) in [5.41, 5.74) is -0.251. The van der Waals surface area contributed by atoms with Gasteiger partial charge in [0.15, 0.2) is 0 Å². The van der Waals surface area contributed by atoms with E-state index in [9.17, 15) is 18.7 Å². The zero-order valence-corrected chi connectivity index (χ0v) is 12.8. The third kappa shape index (κ3) is 3.57. The first-order valence-corrected chi connectivity index (χ1v) is 7.23. The average Bonchev–Trinajstić information content (AvgIpc) is 2.61. The Morgan fingerprint density at radius 2 is 2.00 bits per heavy atom. The van der Waals surface area contributed by atoms with E-state index in [1.54, 1.807) is 0 Å². The molecular weight excluding hydrogens is 330 g/mol. The number of amides is 1. The summed E-state index contributed by atoms with van der Waals surface area (Å²) in [6.07, 6.45) is 5.11. The van der Waals surface area contributed by atoms with Gasteiger partial charge >= 0.3 is 0 Å². The number of aromatic hydroxyl groups is 1. The summed E-state index contributed by atoms with van der Waals surface area (Å²) < 4.78 is 27.7. The van der Waals surface area contributed by atoms with Crippen molar-refractivity contribution < 1.29 is 18.7 Å². The maximum Gasteiger partial charge on any atom is 0.297 e. The summed E-state index contributed by atoms with van der Waals surface area (Å²) in [5, 5.41) is 9.58. The van der Waals surface area contributed by atoms with Crippen LogP contribution in [0.25, 0.3) is 0 Å². The van der Waals surface area contributed by atoms with E-state index in [-0.39, 0.29) is 29.4 Å². The highest BCUT2D eigenvalue weighted by Crippen LogP contribution is 2.25. The molecule has 1 N–H and O–H groups in total. The number of aliphatic imine (C=N–C) groups is 2. The van der Waals surface area contributed by atoms with Crippen LogP contribution in [0.5, 0.6) is 5.75 Å². The fourth-order valence-electron chi connectivity index (χ4n) is 2.18. The number of carbonyl (C=O) groups is 1. The second-order valence-electron chi connectivity index (χ2n) is 5.02. The number of para-hydroxylation sites is 1. The molecule has 0 bridgehead atoms. The van der Waals surface area contributed by atoms with Crippen molar-refractivity contribution in [2.75, 3.05) is 11.4 Å². The summed E-state index contributed by atoms with van der Waals surface area (Å²) in [6.45, 7) is 0.110. The molecule has 0 saturated carbocycles. The topological polar surface area (TPSA) is 78.1 Å². The van der Waals surface area contributed by atoms with Crippen LogP contribution >= 0.6 is 0 Å². The Bertz CT molecular complexity index is 889. The SMILES string of the molecule is O=C(N=Cc1ncccc1O)C1=CN(c2c(F)cccc2F)CC=N1. The van der Waals surface area contributed by atoms with Crippen LogP contribution in [-0.2, 0) is 4.79 Å². The molecule has 0 radical (unpaired) electrons. The predicted molar refractivity (Wildman–Crippen MR) is 88.8 cm³/mol. The molecule has 25 heavy (non-hydrogen) atoms. The van der Waals surface area contributed by atoms with Gasteiger partial charge in [0.1, 0.15) is 34.5 Å². The lowest BCUT2D eigenvalue weighted by Crippen LogP contribution is -2.25. The molecule has 6 nitrogen and oxygen atoms in total. The van der Waals surface area contributed by atoms with Crippen LogP contribution in [0.3, 0.4) is 0 Å². The average molecular weight is 342 g/mol. The Morgan fingerprint density at radius 1 is 1.24 bits per heavy atom. The lowest BCUT2D eigenvalue weighted by molar-refractivity contribution is -0.114. The number of carbonyl (C=O) groups excluding carboxylic acids is 1. The Labute approximate surface area is 141 Å². The van der Waals surface area contributed by atoms with Crippen molar-refractivity contribution in [3.8, 4) is 5.75 Å². The van der Waals surface area contributed by atoms with Crippen LogP contribution in [0.4, 0.5) is 14.5 Å². The van der Waals surface area contributed by atoms with Crippen LogP contribution < -0.4 is 4.90 Å². The highest BCUT2D eigenvalue weighted by Gasteiger charge is 2.19. The van der Waals surface area contributed by atoms with Crippen molar-refractivity contribution in [3.05, 3.63) is 65.8 Å². The Hall–Kier alpha value is -3.42. The normalized spacial score (nSPS) is 14.0. The molecule has 1 aromatic carbocycles. The highest BCUT2D eigenvalue weighted by molar-refractivity contribution is 6.02. The Kier molecular flexibility index (Phi) is 4.60. The van der Waals surface area contributed by atoms with Crippen molar-refractivity contribution in [2.45, 2.75) is 0 Å². The molecule has 1 amide bonds. The van der Waals surface area contributed by atoms with E-state index in [0.717, 1.165) is 18.3 Å². The molecule has 8 heteroatoms. The lowest BCUT2D eigenvalue weighted by Gasteiger charge is -2.22. The first-order chi connectivity index (χ1) is 12.1. The van der Waals surface area contributed by atoms with Crippen molar-refractivity contribution >= 4 is 24.0 Å². The number of benzene rings is 1. The molecule has 0 fully saturated rings. The van der Waals surface area contributed by atoms with Gasteiger partial charge in [-0.05, 0) is 24.3 Å². The molecule has 0 aliphatic carbocycles. The third-order valence-corrected chi connectivity index (χ3v) is 3.35. The maximum absolute atomic E-state index is 13.9. The van der Waals surface area contributed by atoms with Crippen molar-refractivity contribution in [1.82, 2.24) is 4.98 Å². The van der Waals surface area contributed by atoms with Crippen molar-refractivity contribution in [2.24, 2.45) is 9.98 Å². The minimum absolute atomic E-state index is 0.0967. The van der Waals surface area contributed by atoms with E-state index < -0.39 is 17.5 Å². The first-order valence-electron chi connectivity index (χ1n) is 7.23. The molecule has 0 atom stereocenters. The Balaban J connectivity index is 1.84. The quantitative estimate of drug-likeness (QED) is 0.869. The van der Waals surface area contributed by atoms with Crippen LogP contribution in [-0.4, -0.2) is 35.0 Å². The first kappa shape index (κ1) is 16.4. The van der Waals surface area contributed by atoms with E-state index in [2.05, 4.69) is 15.0 Å². The summed E-state index contributed by atoms with van der Waals surface area (Å²) in [5.74, 6) is -2.36. The molecule has 0 saturated heterocycles. The number of hydrogen-bond acceptors (Lipinski definition) is 5. The number of halogens is 2. The van der Waals surface area contributed by atoms with E-state index in [1.165, 1.54) is 41.7 Å². The highest BCUT2D eigenvalue weighted by atomic mass is 19.1. The van der Waals surface area contributed by atoms with Crippen molar-refractivity contribution in [1.29, 1.82) is 0 Å². The third-order valence-electron chi connectivity index (χ3n) is 3.35. The van der Waals surface area contributed by atoms with Gasteiger partial charge in [-0.2, -0.15) is 0 Å². The van der Waals surface area contributed by atoms with Gasteiger partial charge in [0, 0.05) is 18.6 Å². The zero-order valence-electron chi connectivity index (χ0n) is 12.8. The van der Waals surface area contributed by atoms with Gasteiger partial charge in [-0.15, -0.1) is 0 Å². The minimum atomic E-state index is -0.750. The monoisotopic (exact) mass is 342 g/mol. The number of nitrogens with zero attached hydrogens (tertiary/aromatic N) is 4. The van der Waals surface area contributed by atoms with E-state index in [1.807, 2.05) is 0 Å². The summed E-state index contributed by atoms with van der Waals surface area (Å²) in [6, 6.07) is 6.44. The molecular formula is C17H12F2N4O2. The molecule has 3 rings (SSSR count). The van der Waals surface area contributed by atoms with Crippen molar-refractivity contribution in [3.63, 3.8) is 0 Å². The molecule has 1 aliphatic rings. The number of aromatic nitrogens is 1. The van der Waals surface area contributed by atoms with Gasteiger partial charge in [-0.3, -0.25) is 14.8 Å². The standard InChI is InChI=1S/C17H12F2N4O2/c18-11-3-1-4-12(19)16(11)23-8-7-21-14(10-23)17(25)22-9-13-15(24)5-2-6-20-13/h1-7,9-10,24H,8H2. The fourth-order valence-corrected chi connectivity index (χ4v) is 2.18. The fraction of sp³-hybridized carbons (Fsp3) is 0.0588. The molecule has 0 unspecified atom stereocenters. The van der Waals surface area contributed by atoms with Gasteiger partial charge in [0.05, 0.1) is 12.8 Å². The second-order valence-corrected chi connectivity index (χ2v) is 5.02. The predicted octanol–water partition coefficient (Wildman–Crippen LogP) is 2.44. The molecule has 0 spiro atoms. The van der Waals surface area contributed by atoms with E-state index in [0.29, 0.717) is 0 Å². The summed E-state index contributed by atoms with van der Waals surface area (Å²) in [7, 11) is 0. The zero-order chi connectivity index (χ0) is 17.8. The minimum Gasteiger partial charge on any atom is -0.506 e. The molecule has 126 valence electrons. The second kappa shape index (κ2) is 7.00. The summed E-state index contributed by atoms with van der Waals surface area (Å²) in [4.78, 5) is 24.8. The molecule has 1 aromatic heterocycles.